The van der Waals surface area contributed by atoms with Crippen molar-refractivity contribution in [3.05, 3.63) is 0 Å². The molecule has 0 N–H and O–H groups in total. The Kier molecular flexibility index (Phi) is 7.53. The van der Waals surface area contributed by atoms with Crippen LogP contribution in [0.15, 0.2) is 0 Å². The molecule has 1 aliphatic rings. The number of ether oxygens (including phenoxy) is 2. The Labute approximate surface area is 142 Å². The van der Waals surface area contributed by atoms with Gasteiger partial charge in [-0.2, -0.15) is 0 Å². The highest BCUT2D eigenvalue weighted by Crippen LogP contribution is 2.30. The summed E-state index contributed by atoms with van der Waals surface area (Å²) in [6, 6.07) is 0.238. The summed E-state index contributed by atoms with van der Waals surface area (Å²) >= 11 is 0. The zero-order valence-corrected chi connectivity index (χ0v) is 16.3. The molecule has 0 aromatic carbocycles. The Morgan fingerprint density at radius 2 is 1.74 bits per heavy atom. The van der Waals surface area contributed by atoms with Gasteiger partial charge in [0.05, 0.1) is 17.3 Å². The Morgan fingerprint density at radius 1 is 1.13 bits per heavy atom. The Morgan fingerprint density at radius 3 is 2.17 bits per heavy atom. The topological polar surface area (TPSA) is 38.8 Å². The summed E-state index contributed by atoms with van der Waals surface area (Å²) in [7, 11) is 1.77. The van der Waals surface area contributed by atoms with Crippen LogP contribution in [-0.2, 0) is 14.3 Å². The Hall–Kier alpha value is -0.610. The van der Waals surface area contributed by atoms with Gasteiger partial charge in [0.25, 0.3) is 0 Å². The van der Waals surface area contributed by atoms with Crippen molar-refractivity contribution in [2.45, 2.75) is 103 Å². The van der Waals surface area contributed by atoms with Crippen molar-refractivity contribution >= 4 is 5.91 Å². The summed E-state index contributed by atoms with van der Waals surface area (Å²) in [4.78, 5) is 14.0. The maximum Gasteiger partial charge on any atom is 0.222 e. The fraction of sp³-hybridized carbons (Fsp3) is 0.947. The molecule has 0 radical (unpaired) electrons. The number of nitrogens with zero attached hydrogens (tertiary/aromatic N) is 1. The number of amides is 1. The van der Waals surface area contributed by atoms with Crippen LogP contribution in [0, 0.1) is 0 Å². The summed E-state index contributed by atoms with van der Waals surface area (Å²) < 4.78 is 12.1. The highest BCUT2D eigenvalue weighted by molar-refractivity contribution is 5.78. The average molecular weight is 328 g/mol. The molecule has 4 nitrogen and oxygen atoms in total. The van der Waals surface area contributed by atoms with Crippen LogP contribution in [0.3, 0.4) is 0 Å². The smallest absolute Gasteiger partial charge is 0.222 e. The zero-order valence-electron chi connectivity index (χ0n) is 16.3. The lowest BCUT2D eigenvalue weighted by Crippen LogP contribution is -2.43. The van der Waals surface area contributed by atoms with Gasteiger partial charge in [-0.1, -0.05) is 13.8 Å². The fourth-order valence-electron chi connectivity index (χ4n) is 3.65. The molecule has 1 fully saturated rings. The van der Waals surface area contributed by atoms with Gasteiger partial charge in [0.15, 0.2) is 0 Å². The minimum absolute atomic E-state index is 0.131. The first-order valence-electron chi connectivity index (χ1n) is 9.21. The van der Waals surface area contributed by atoms with Crippen LogP contribution in [0.2, 0.25) is 0 Å². The van der Waals surface area contributed by atoms with Crippen molar-refractivity contribution in [2.75, 3.05) is 13.7 Å². The number of rotatable bonds is 10. The van der Waals surface area contributed by atoms with E-state index in [1.54, 1.807) is 7.11 Å². The standard InChI is InChI=1S/C19H37NO3/c1-8-18(5,22-7)14-16(4)23-19(6,9-2)13-15(3)20-12-10-11-17(20)21/h15-16H,8-14H2,1-7H3. The maximum absolute atomic E-state index is 11.9. The second-order valence-electron chi connectivity index (χ2n) is 7.69. The third kappa shape index (κ3) is 5.75. The van der Waals surface area contributed by atoms with E-state index < -0.39 is 0 Å². The molecule has 23 heavy (non-hydrogen) atoms. The van der Waals surface area contributed by atoms with Gasteiger partial charge in [0, 0.05) is 32.5 Å². The molecule has 1 heterocycles. The van der Waals surface area contributed by atoms with E-state index in [9.17, 15) is 4.79 Å². The van der Waals surface area contributed by atoms with E-state index in [2.05, 4.69) is 41.5 Å². The summed E-state index contributed by atoms with van der Waals surface area (Å²) in [6.45, 7) is 13.8. The van der Waals surface area contributed by atoms with Gasteiger partial charge >= 0.3 is 0 Å². The van der Waals surface area contributed by atoms with Gasteiger partial charge in [-0.3, -0.25) is 4.79 Å². The molecular weight excluding hydrogens is 290 g/mol. The van der Waals surface area contributed by atoms with Gasteiger partial charge < -0.3 is 14.4 Å². The molecule has 1 saturated heterocycles. The molecule has 0 aliphatic carbocycles. The second kappa shape index (κ2) is 8.48. The van der Waals surface area contributed by atoms with Crippen LogP contribution in [0.1, 0.15) is 80.1 Å². The van der Waals surface area contributed by atoms with Crippen molar-refractivity contribution in [1.29, 1.82) is 0 Å². The Balaban J connectivity index is 2.63. The van der Waals surface area contributed by atoms with Gasteiger partial charge in [-0.25, -0.2) is 0 Å². The second-order valence-corrected chi connectivity index (χ2v) is 7.69. The van der Waals surface area contributed by atoms with E-state index in [4.69, 9.17) is 9.47 Å². The van der Waals surface area contributed by atoms with Crippen molar-refractivity contribution in [1.82, 2.24) is 4.90 Å². The maximum atomic E-state index is 11.9. The molecule has 0 aromatic rings. The summed E-state index contributed by atoms with van der Waals surface area (Å²) in [5.41, 5.74) is -0.339. The summed E-state index contributed by atoms with van der Waals surface area (Å²) in [6.07, 6.45) is 5.51. The van der Waals surface area contributed by atoms with Crippen LogP contribution in [0.4, 0.5) is 0 Å². The molecule has 4 unspecified atom stereocenters. The van der Waals surface area contributed by atoms with Crippen molar-refractivity contribution < 1.29 is 14.3 Å². The lowest BCUT2D eigenvalue weighted by molar-refractivity contribution is -0.136. The zero-order chi connectivity index (χ0) is 17.7. The molecule has 0 spiro atoms. The van der Waals surface area contributed by atoms with E-state index in [1.165, 1.54) is 0 Å². The number of methoxy groups -OCH3 is 1. The number of carbonyl (C=O) groups is 1. The lowest BCUT2D eigenvalue weighted by Gasteiger charge is -2.39. The monoisotopic (exact) mass is 327 g/mol. The first kappa shape index (κ1) is 20.4. The van der Waals surface area contributed by atoms with Crippen molar-refractivity contribution in [3.8, 4) is 0 Å². The SMILES string of the molecule is CCC(C)(CC(C)OC(C)(CC)CC(C)N1CCCC1=O)OC. The predicted octanol–water partition coefficient (Wildman–Crippen LogP) is 4.17. The molecule has 4 heteroatoms. The lowest BCUT2D eigenvalue weighted by atomic mass is 9.91. The van der Waals surface area contributed by atoms with Crippen LogP contribution in [0.5, 0.6) is 0 Å². The van der Waals surface area contributed by atoms with E-state index in [0.29, 0.717) is 12.3 Å². The van der Waals surface area contributed by atoms with E-state index >= 15 is 0 Å². The quantitative estimate of drug-likeness (QED) is 0.604. The molecule has 1 aliphatic heterocycles. The predicted molar refractivity (Wildman–Crippen MR) is 94.6 cm³/mol. The highest BCUT2D eigenvalue weighted by atomic mass is 16.5. The number of hydrogen-bond acceptors (Lipinski definition) is 3. The first-order valence-corrected chi connectivity index (χ1v) is 9.21. The molecular formula is C19H37NO3. The minimum Gasteiger partial charge on any atom is -0.378 e. The van der Waals surface area contributed by atoms with E-state index in [1.807, 2.05) is 4.90 Å². The Bertz CT molecular complexity index is 381. The van der Waals surface area contributed by atoms with E-state index in [0.717, 1.165) is 38.6 Å². The molecule has 136 valence electrons. The van der Waals surface area contributed by atoms with Crippen LogP contribution in [0.25, 0.3) is 0 Å². The normalized spacial score (nSPS) is 23.4. The van der Waals surface area contributed by atoms with Gasteiger partial charge in [-0.05, 0) is 53.4 Å². The number of carbonyl (C=O) groups excluding carboxylic acids is 1. The third-order valence-electron chi connectivity index (χ3n) is 5.56. The number of hydrogen-bond donors (Lipinski definition) is 0. The van der Waals surface area contributed by atoms with Crippen LogP contribution >= 0.6 is 0 Å². The molecule has 0 saturated carbocycles. The van der Waals surface area contributed by atoms with Gasteiger partial charge in [0.1, 0.15) is 0 Å². The highest BCUT2D eigenvalue weighted by Gasteiger charge is 2.34. The molecule has 1 amide bonds. The van der Waals surface area contributed by atoms with Crippen molar-refractivity contribution in [3.63, 3.8) is 0 Å². The third-order valence-corrected chi connectivity index (χ3v) is 5.56. The van der Waals surface area contributed by atoms with Gasteiger partial charge in [-0.15, -0.1) is 0 Å². The fourth-order valence-corrected chi connectivity index (χ4v) is 3.65. The van der Waals surface area contributed by atoms with Gasteiger partial charge in [0.2, 0.25) is 5.91 Å². The first-order chi connectivity index (χ1) is 10.7. The van der Waals surface area contributed by atoms with Crippen LogP contribution < -0.4 is 0 Å². The largest absolute Gasteiger partial charge is 0.378 e. The molecule has 0 aromatic heterocycles. The van der Waals surface area contributed by atoms with Crippen molar-refractivity contribution in [2.24, 2.45) is 0 Å². The summed E-state index contributed by atoms with van der Waals surface area (Å²) in [5.74, 6) is 0.293. The summed E-state index contributed by atoms with van der Waals surface area (Å²) in [5, 5.41) is 0. The molecule has 4 atom stereocenters. The molecule has 1 rings (SSSR count). The minimum atomic E-state index is -0.204. The van der Waals surface area contributed by atoms with E-state index in [-0.39, 0.29) is 23.3 Å². The number of likely N-dealkylation sites (tertiary alicyclic amines) is 1. The average Bonchev–Trinajstić information content (AvgIpc) is 2.93. The molecule has 0 bridgehead atoms. The van der Waals surface area contributed by atoms with Crippen LogP contribution in [-0.4, -0.2) is 47.8 Å².